The molecule has 1 aliphatic rings. The molecule has 0 aromatic heterocycles. The normalized spacial score (nSPS) is 15.8. The summed E-state index contributed by atoms with van der Waals surface area (Å²) in [6.07, 6.45) is 2.62. The molecule has 20 heavy (non-hydrogen) atoms. The Morgan fingerprint density at radius 2 is 2.00 bits per heavy atom. The van der Waals surface area contributed by atoms with E-state index in [0.29, 0.717) is 26.3 Å². The maximum absolute atomic E-state index is 12.2. The molecule has 4 nitrogen and oxygen atoms in total. The SMILES string of the molecule is CCc1ccc(/C=C(\C#N)C(=O)N2CCOCC2)cc1. The van der Waals surface area contributed by atoms with Gasteiger partial charge in [-0.05, 0) is 23.6 Å². The van der Waals surface area contributed by atoms with E-state index in [4.69, 9.17) is 4.74 Å². The lowest BCUT2D eigenvalue weighted by molar-refractivity contribution is -0.130. The first-order chi connectivity index (χ1) is 9.74. The number of carbonyl (C=O) groups excluding carboxylic acids is 1. The van der Waals surface area contributed by atoms with Crippen molar-refractivity contribution in [3.05, 3.63) is 41.0 Å². The molecule has 4 heteroatoms. The number of nitrogens with zero attached hydrogens (tertiary/aromatic N) is 2. The summed E-state index contributed by atoms with van der Waals surface area (Å²) in [5, 5.41) is 9.19. The van der Waals surface area contributed by atoms with Crippen LogP contribution in [-0.2, 0) is 16.0 Å². The van der Waals surface area contributed by atoms with E-state index >= 15 is 0 Å². The van der Waals surface area contributed by atoms with E-state index in [1.54, 1.807) is 11.0 Å². The third-order valence-electron chi connectivity index (χ3n) is 3.35. The molecular formula is C16H18N2O2. The largest absolute Gasteiger partial charge is 0.378 e. The average Bonchev–Trinajstić information content (AvgIpc) is 2.53. The zero-order valence-electron chi connectivity index (χ0n) is 11.6. The van der Waals surface area contributed by atoms with E-state index in [2.05, 4.69) is 6.92 Å². The molecule has 1 amide bonds. The Kier molecular flexibility index (Phi) is 4.91. The molecule has 0 atom stereocenters. The van der Waals surface area contributed by atoms with Gasteiger partial charge in [-0.3, -0.25) is 4.79 Å². The van der Waals surface area contributed by atoms with Crippen LogP contribution < -0.4 is 0 Å². The predicted octanol–water partition coefficient (Wildman–Crippen LogP) is 2.01. The number of hydrogen-bond acceptors (Lipinski definition) is 3. The number of rotatable bonds is 3. The first-order valence-corrected chi connectivity index (χ1v) is 6.82. The summed E-state index contributed by atoms with van der Waals surface area (Å²) in [6, 6.07) is 9.90. The number of carbonyl (C=O) groups is 1. The quantitative estimate of drug-likeness (QED) is 0.623. The number of ether oxygens (including phenoxy) is 1. The molecule has 1 aliphatic heterocycles. The summed E-state index contributed by atoms with van der Waals surface area (Å²) in [5.41, 5.74) is 2.29. The molecular weight excluding hydrogens is 252 g/mol. The van der Waals surface area contributed by atoms with Gasteiger partial charge in [0, 0.05) is 13.1 Å². The number of amides is 1. The minimum atomic E-state index is -0.213. The monoisotopic (exact) mass is 270 g/mol. The Morgan fingerprint density at radius 3 is 2.55 bits per heavy atom. The van der Waals surface area contributed by atoms with Crippen molar-refractivity contribution in [1.29, 1.82) is 5.26 Å². The summed E-state index contributed by atoms with van der Waals surface area (Å²) in [6.45, 7) is 4.26. The topological polar surface area (TPSA) is 53.3 Å². The number of benzene rings is 1. The fourth-order valence-electron chi connectivity index (χ4n) is 2.09. The van der Waals surface area contributed by atoms with Crippen LogP contribution in [0.5, 0.6) is 0 Å². The lowest BCUT2D eigenvalue weighted by Crippen LogP contribution is -2.41. The van der Waals surface area contributed by atoms with Gasteiger partial charge < -0.3 is 9.64 Å². The highest BCUT2D eigenvalue weighted by atomic mass is 16.5. The van der Waals surface area contributed by atoms with Crippen LogP contribution in [-0.4, -0.2) is 37.1 Å². The van der Waals surface area contributed by atoms with Gasteiger partial charge >= 0.3 is 0 Å². The Morgan fingerprint density at radius 1 is 1.35 bits per heavy atom. The van der Waals surface area contributed by atoms with Crippen LogP contribution in [0.15, 0.2) is 29.8 Å². The number of morpholine rings is 1. The third kappa shape index (κ3) is 3.46. The summed E-state index contributed by atoms with van der Waals surface area (Å²) in [5.74, 6) is -0.213. The molecule has 2 rings (SSSR count). The van der Waals surface area contributed by atoms with E-state index in [1.807, 2.05) is 30.3 Å². The molecule has 1 fully saturated rings. The molecule has 1 aromatic carbocycles. The van der Waals surface area contributed by atoms with E-state index < -0.39 is 0 Å². The third-order valence-corrected chi connectivity index (χ3v) is 3.35. The Labute approximate surface area is 119 Å². The smallest absolute Gasteiger partial charge is 0.264 e. The van der Waals surface area contributed by atoms with Crippen LogP contribution in [0.1, 0.15) is 18.1 Å². The van der Waals surface area contributed by atoms with Crippen molar-refractivity contribution in [2.24, 2.45) is 0 Å². The summed E-state index contributed by atoms with van der Waals surface area (Å²) in [4.78, 5) is 13.9. The minimum absolute atomic E-state index is 0.177. The molecule has 104 valence electrons. The molecule has 1 saturated heterocycles. The van der Waals surface area contributed by atoms with Gasteiger partial charge in [0.2, 0.25) is 0 Å². The predicted molar refractivity (Wildman–Crippen MR) is 76.8 cm³/mol. The summed E-state index contributed by atoms with van der Waals surface area (Å²) < 4.78 is 5.21. The van der Waals surface area contributed by atoms with Crippen LogP contribution in [0.2, 0.25) is 0 Å². The molecule has 0 bridgehead atoms. The number of hydrogen-bond donors (Lipinski definition) is 0. The van der Waals surface area contributed by atoms with Gasteiger partial charge in [-0.25, -0.2) is 0 Å². The maximum Gasteiger partial charge on any atom is 0.264 e. The van der Waals surface area contributed by atoms with Gasteiger partial charge in [-0.1, -0.05) is 31.2 Å². The molecule has 0 aliphatic carbocycles. The second kappa shape index (κ2) is 6.88. The van der Waals surface area contributed by atoms with Crippen molar-refractivity contribution in [2.45, 2.75) is 13.3 Å². The van der Waals surface area contributed by atoms with Crippen molar-refractivity contribution in [2.75, 3.05) is 26.3 Å². The molecule has 1 heterocycles. The van der Waals surface area contributed by atoms with Gasteiger partial charge in [0.05, 0.1) is 13.2 Å². The Balaban J connectivity index is 2.15. The number of aryl methyl sites for hydroxylation is 1. The van der Waals surface area contributed by atoms with Crippen LogP contribution in [0.4, 0.5) is 0 Å². The van der Waals surface area contributed by atoms with Gasteiger partial charge in [0.1, 0.15) is 11.6 Å². The first kappa shape index (κ1) is 14.3. The molecule has 0 saturated carbocycles. The molecule has 0 radical (unpaired) electrons. The van der Waals surface area contributed by atoms with Gasteiger partial charge in [-0.2, -0.15) is 5.26 Å². The van der Waals surface area contributed by atoms with Crippen LogP contribution >= 0.6 is 0 Å². The fourth-order valence-corrected chi connectivity index (χ4v) is 2.09. The highest BCUT2D eigenvalue weighted by Crippen LogP contribution is 2.12. The van der Waals surface area contributed by atoms with Gasteiger partial charge in [-0.15, -0.1) is 0 Å². The lowest BCUT2D eigenvalue weighted by atomic mass is 10.1. The van der Waals surface area contributed by atoms with Gasteiger partial charge in [0.15, 0.2) is 0 Å². The second-order valence-electron chi connectivity index (χ2n) is 4.67. The van der Waals surface area contributed by atoms with Crippen LogP contribution in [0.25, 0.3) is 6.08 Å². The zero-order chi connectivity index (χ0) is 14.4. The highest BCUT2D eigenvalue weighted by Gasteiger charge is 2.20. The van der Waals surface area contributed by atoms with E-state index in [9.17, 15) is 10.1 Å². The molecule has 0 unspecified atom stereocenters. The van der Waals surface area contributed by atoms with Crippen molar-refractivity contribution in [3.63, 3.8) is 0 Å². The van der Waals surface area contributed by atoms with Gasteiger partial charge in [0.25, 0.3) is 5.91 Å². The average molecular weight is 270 g/mol. The van der Waals surface area contributed by atoms with Crippen molar-refractivity contribution < 1.29 is 9.53 Å². The lowest BCUT2D eigenvalue weighted by Gasteiger charge is -2.26. The zero-order valence-corrected chi connectivity index (χ0v) is 11.6. The Bertz CT molecular complexity index is 535. The second-order valence-corrected chi connectivity index (χ2v) is 4.67. The summed E-state index contributed by atoms with van der Waals surface area (Å²) >= 11 is 0. The van der Waals surface area contributed by atoms with Crippen LogP contribution in [0.3, 0.4) is 0 Å². The Hall–Kier alpha value is -2.12. The molecule has 0 N–H and O–H groups in total. The van der Waals surface area contributed by atoms with E-state index in [0.717, 1.165) is 12.0 Å². The van der Waals surface area contributed by atoms with E-state index in [-0.39, 0.29) is 11.5 Å². The van der Waals surface area contributed by atoms with Crippen molar-refractivity contribution >= 4 is 12.0 Å². The van der Waals surface area contributed by atoms with Crippen molar-refractivity contribution in [3.8, 4) is 6.07 Å². The molecule has 1 aromatic rings. The maximum atomic E-state index is 12.2. The first-order valence-electron chi connectivity index (χ1n) is 6.82. The minimum Gasteiger partial charge on any atom is -0.378 e. The van der Waals surface area contributed by atoms with E-state index in [1.165, 1.54) is 5.56 Å². The van der Waals surface area contributed by atoms with Crippen molar-refractivity contribution in [1.82, 2.24) is 4.90 Å². The molecule has 0 spiro atoms. The standard InChI is InChI=1S/C16H18N2O2/c1-2-13-3-5-14(6-4-13)11-15(12-17)16(19)18-7-9-20-10-8-18/h3-6,11H,2,7-10H2,1H3/b15-11+. The van der Waals surface area contributed by atoms with Crippen LogP contribution in [0, 0.1) is 11.3 Å². The number of nitriles is 1. The fraction of sp³-hybridized carbons (Fsp3) is 0.375. The highest BCUT2D eigenvalue weighted by molar-refractivity contribution is 6.01. The summed E-state index contributed by atoms with van der Waals surface area (Å²) in [7, 11) is 0.